The minimum Gasteiger partial charge on any atom is -0.395 e. The van der Waals surface area contributed by atoms with Crippen LogP contribution in [0.15, 0.2) is 0 Å². The Morgan fingerprint density at radius 1 is 1.46 bits per heavy atom. The molecule has 0 N–H and O–H groups in total. The van der Waals surface area contributed by atoms with Gasteiger partial charge in [-0.15, -0.1) is 0 Å². The maximum absolute atomic E-state index is 5.86. The summed E-state index contributed by atoms with van der Waals surface area (Å²) in [5.74, 6) is 0. The van der Waals surface area contributed by atoms with Crippen LogP contribution in [0.3, 0.4) is 0 Å². The molecule has 13 heavy (non-hydrogen) atoms. The molecule has 78 valence electrons. The van der Waals surface area contributed by atoms with E-state index in [0.717, 1.165) is 25.8 Å². The Hall–Kier alpha value is 0.0969. The number of hydrogen-bond acceptors (Lipinski definition) is 3. The van der Waals surface area contributed by atoms with Crippen LogP contribution in [0.5, 0.6) is 0 Å². The summed E-state index contributed by atoms with van der Waals surface area (Å²) in [5.41, 5.74) is 0. The fourth-order valence-electron chi connectivity index (χ4n) is 1.69. The van der Waals surface area contributed by atoms with Gasteiger partial charge in [0.2, 0.25) is 0 Å². The van der Waals surface area contributed by atoms with Crippen molar-refractivity contribution in [2.24, 2.45) is 0 Å². The summed E-state index contributed by atoms with van der Waals surface area (Å²) in [6.07, 6.45) is 1.21. The largest absolute Gasteiger partial charge is 0.395 e. The topological polar surface area (TPSA) is 21.7 Å². The van der Waals surface area contributed by atoms with E-state index in [1.165, 1.54) is 13.0 Å². The number of nitrogens with zero attached hydrogens (tertiary/aromatic N) is 1. The van der Waals surface area contributed by atoms with E-state index in [2.05, 4.69) is 18.5 Å². The first-order valence-electron chi connectivity index (χ1n) is 5.13. The molecule has 0 saturated carbocycles. The zero-order valence-corrected chi connectivity index (χ0v) is 10.0. The van der Waals surface area contributed by atoms with Crippen molar-refractivity contribution < 1.29 is 8.85 Å². The zero-order valence-electron chi connectivity index (χ0n) is 9.01. The Bertz CT molecular complexity index is 145. The van der Waals surface area contributed by atoms with Crippen LogP contribution in [0.1, 0.15) is 13.3 Å². The molecular weight excluding hydrogens is 182 g/mol. The molecule has 0 aromatic rings. The van der Waals surface area contributed by atoms with E-state index in [1.54, 1.807) is 0 Å². The molecule has 4 heteroatoms. The normalized spacial score (nSPS) is 32.5. The van der Waals surface area contributed by atoms with E-state index in [-0.39, 0.29) is 0 Å². The second-order valence-corrected chi connectivity index (χ2v) is 7.17. The van der Waals surface area contributed by atoms with Gasteiger partial charge in [0.15, 0.2) is 0 Å². The third-order valence-electron chi connectivity index (χ3n) is 2.50. The first-order valence-corrected chi connectivity index (χ1v) is 7.65. The Balaban J connectivity index is 2.39. The number of hydrogen-bond donors (Lipinski definition) is 0. The van der Waals surface area contributed by atoms with E-state index in [0.29, 0.717) is 0 Å². The van der Waals surface area contributed by atoms with Crippen molar-refractivity contribution >= 4 is 8.56 Å². The first-order chi connectivity index (χ1) is 6.16. The average Bonchev–Trinajstić information content (AvgIpc) is 2.02. The maximum atomic E-state index is 5.86. The van der Waals surface area contributed by atoms with Gasteiger partial charge in [0.05, 0.1) is 0 Å². The standard InChI is InChI=1S/C9H21NO2Si/c1-4-11-13(3)9-5-6-10(2)7-8-12-13/h4-9H2,1-3H3. The molecule has 0 aromatic heterocycles. The summed E-state index contributed by atoms with van der Waals surface area (Å²) >= 11 is 0. The molecule has 0 aliphatic carbocycles. The molecule has 1 unspecified atom stereocenters. The Morgan fingerprint density at radius 2 is 2.23 bits per heavy atom. The van der Waals surface area contributed by atoms with Gasteiger partial charge in [-0.3, -0.25) is 0 Å². The summed E-state index contributed by atoms with van der Waals surface area (Å²) in [4.78, 5) is 2.32. The van der Waals surface area contributed by atoms with Crippen molar-refractivity contribution in [1.29, 1.82) is 0 Å². The van der Waals surface area contributed by atoms with Gasteiger partial charge in [-0.25, -0.2) is 0 Å². The van der Waals surface area contributed by atoms with E-state index in [1.807, 2.05) is 6.92 Å². The molecular formula is C9H21NO2Si. The lowest BCUT2D eigenvalue weighted by atomic mass is 10.4. The lowest BCUT2D eigenvalue weighted by molar-refractivity contribution is 0.146. The van der Waals surface area contributed by atoms with Crippen molar-refractivity contribution in [2.45, 2.75) is 25.9 Å². The summed E-state index contributed by atoms with van der Waals surface area (Å²) in [6, 6.07) is 1.13. The molecule has 0 amide bonds. The maximum Gasteiger partial charge on any atom is 0.335 e. The van der Waals surface area contributed by atoms with Crippen molar-refractivity contribution in [2.75, 3.05) is 33.4 Å². The lowest BCUT2D eigenvalue weighted by Crippen LogP contribution is -2.43. The van der Waals surface area contributed by atoms with Crippen LogP contribution in [-0.2, 0) is 8.85 Å². The quantitative estimate of drug-likeness (QED) is 0.634. The molecule has 0 aromatic carbocycles. The molecule has 1 aliphatic heterocycles. The van der Waals surface area contributed by atoms with Crippen molar-refractivity contribution in [3.63, 3.8) is 0 Å². The van der Waals surface area contributed by atoms with Crippen LogP contribution in [0.2, 0.25) is 12.6 Å². The highest BCUT2D eigenvalue weighted by molar-refractivity contribution is 6.66. The monoisotopic (exact) mass is 203 g/mol. The Morgan fingerprint density at radius 3 is 2.92 bits per heavy atom. The molecule has 1 saturated heterocycles. The van der Waals surface area contributed by atoms with Gasteiger partial charge in [-0.05, 0) is 39.5 Å². The molecule has 0 bridgehead atoms. The van der Waals surface area contributed by atoms with Crippen LogP contribution < -0.4 is 0 Å². The molecule has 3 nitrogen and oxygen atoms in total. The summed E-state index contributed by atoms with van der Waals surface area (Å²) in [7, 11) is 0.372. The molecule has 0 radical (unpaired) electrons. The number of rotatable bonds is 2. The molecule has 1 rings (SSSR count). The van der Waals surface area contributed by atoms with Crippen molar-refractivity contribution in [3.05, 3.63) is 0 Å². The second kappa shape index (κ2) is 5.10. The molecule has 1 fully saturated rings. The molecule has 1 atom stereocenters. The third-order valence-corrected chi connectivity index (χ3v) is 5.48. The third kappa shape index (κ3) is 3.77. The van der Waals surface area contributed by atoms with Crippen LogP contribution in [-0.4, -0.2) is 46.8 Å². The smallest absolute Gasteiger partial charge is 0.335 e. The average molecular weight is 203 g/mol. The highest BCUT2D eigenvalue weighted by Gasteiger charge is 2.31. The van der Waals surface area contributed by atoms with Crippen LogP contribution in [0, 0.1) is 0 Å². The van der Waals surface area contributed by atoms with Gasteiger partial charge >= 0.3 is 8.56 Å². The van der Waals surface area contributed by atoms with Crippen LogP contribution in [0.4, 0.5) is 0 Å². The van der Waals surface area contributed by atoms with Crippen LogP contribution in [0.25, 0.3) is 0 Å². The molecule has 0 spiro atoms. The van der Waals surface area contributed by atoms with Gasteiger partial charge in [0.25, 0.3) is 0 Å². The first kappa shape index (κ1) is 11.2. The van der Waals surface area contributed by atoms with E-state index < -0.39 is 8.56 Å². The van der Waals surface area contributed by atoms with Crippen LogP contribution >= 0.6 is 0 Å². The Kier molecular flexibility index (Phi) is 4.38. The van der Waals surface area contributed by atoms with Crippen molar-refractivity contribution in [1.82, 2.24) is 4.90 Å². The predicted molar refractivity (Wildman–Crippen MR) is 56.1 cm³/mol. The Labute approximate surface area is 82.3 Å². The summed E-state index contributed by atoms with van der Waals surface area (Å²) in [6.45, 7) is 8.07. The van der Waals surface area contributed by atoms with Gasteiger partial charge in [0, 0.05) is 19.8 Å². The zero-order chi connectivity index (χ0) is 9.73. The summed E-state index contributed by atoms with van der Waals surface area (Å²) < 4.78 is 11.6. The highest BCUT2D eigenvalue weighted by atomic mass is 28.4. The minimum atomic E-state index is -1.78. The highest BCUT2D eigenvalue weighted by Crippen LogP contribution is 2.17. The molecule has 1 aliphatic rings. The fourth-order valence-corrected chi connectivity index (χ4v) is 4.00. The van der Waals surface area contributed by atoms with E-state index in [9.17, 15) is 0 Å². The summed E-state index contributed by atoms with van der Waals surface area (Å²) in [5, 5.41) is 0. The SMILES string of the molecule is CCO[Si]1(C)CCCN(C)CCO1. The van der Waals surface area contributed by atoms with Gasteiger partial charge < -0.3 is 13.8 Å². The fraction of sp³-hybridized carbons (Fsp3) is 1.00. The van der Waals surface area contributed by atoms with E-state index in [4.69, 9.17) is 8.85 Å². The minimum absolute atomic E-state index is 0.790. The van der Waals surface area contributed by atoms with Gasteiger partial charge in [-0.1, -0.05) is 0 Å². The second-order valence-electron chi connectivity index (χ2n) is 3.82. The number of likely N-dealkylation sites (N-methyl/N-ethyl adjacent to an activating group) is 1. The van der Waals surface area contributed by atoms with E-state index >= 15 is 0 Å². The molecule has 1 heterocycles. The van der Waals surface area contributed by atoms with Gasteiger partial charge in [0.1, 0.15) is 0 Å². The van der Waals surface area contributed by atoms with Crippen molar-refractivity contribution in [3.8, 4) is 0 Å². The predicted octanol–water partition coefficient (Wildman–Crippen LogP) is 1.45. The van der Waals surface area contributed by atoms with Gasteiger partial charge in [-0.2, -0.15) is 0 Å². The lowest BCUT2D eigenvalue weighted by Gasteiger charge is -2.31.